The molecule has 5 nitrogen and oxygen atoms in total. The van der Waals surface area contributed by atoms with Crippen LogP contribution < -0.4 is 0 Å². The lowest BCUT2D eigenvalue weighted by molar-refractivity contribution is 0.0525. The quantitative estimate of drug-likeness (QED) is 0.442. The van der Waals surface area contributed by atoms with Gasteiger partial charge in [-0.15, -0.1) is 0 Å². The van der Waals surface area contributed by atoms with Gasteiger partial charge in [0.2, 0.25) is 0 Å². The van der Waals surface area contributed by atoms with Crippen LogP contribution in [0.2, 0.25) is 0 Å². The molecular formula is C3H9O5P. The molecule has 3 N–H and O–H groups in total. The normalized spacial score (nSPS) is 17.2. The summed E-state index contributed by atoms with van der Waals surface area (Å²) in [5.41, 5.74) is 0. The highest BCUT2D eigenvalue weighted by molar-refractivity contribution is 7.32. The summed E-state index contributed by atoms with van der Waals surface area (Å²) in [7, 11) is -2.96. The molecule has 2 atom stereocenters. The Labute approximate surface area is 52.8 Å². The molecule has 0 bridgehead atoms. The van der Waals surface area contributed by atoms with Crippen LogP contribution in [0.5, 0.6) is 0 Å². The molecule has 0 spiro atoms. The van der Waals surface area contributed by atoms with Crippen LogP contribution in [0.4, 0.5) is 0 Å². The van der Waals surface area contributed by atoms with Crippen LogP contribution in [-0.4, -0.2) is 34.4 Å². The third kappa shape index (κ3) is 5.95. The van der Waals surface area contributed by atoms with E-state index in [-0.39, 0.29) is 6.61 Å². The molecule has 2 unspecified atom stereocenters. The first-order chi connectivity index (χ1) is 4.16. The standard InChI is InChI=1S/C3H9O5P/c4-1-3(5)2-8-9(6)7/h3-5,9H,1-2H2,(H,6,7). The maximum absolute atomic E-state index is 9.79. The van der Waals surface area contributed by atoms with Gasteiger partial charge in [0.15, 0.2) is 0 Å². The first-order valence-electron chi connectivity index (χ1n) is 2.31. The SMILES string of the molecule is O=[PH](O)OCC(O)CO. The van der Waals surface area contributed by atoms with Gasteiger partial charge in [0, 0.05) is 0 Å². The van der Waals surface area contributed by atoms with Crippen molar-refractivity contribution in [3.63, 3.8) is 0 Å². The van der Waals surface area contributed by atoms with E-state index >= 15 is 0 Å². The summed E-state index contributed by atoms with van der Waals surface area (Å²) in [6, 6.07) is 0. The molecule has 0 aromatic carbocycles. The second-order valence-corrected chi connectivity index (χ2v) is 2.23. The smallest absolute Gasteiger partial charge is 0.316 e. The Hall–Kier alpha value is 0.0700. The minimum absolute atomic E-state index is 0.301. The fourth-order valence-corrected chi connectivity index (χ4v) is 0.555. The van der Waals surface area contributed by atoms with Crippen molar-refractivity contribution < 1.29 is 24.2 Å². The van der Waals surface area contributed by atoms with E-state index in [1.54, 1.807) is 0 Å². The van der Waals surface area contributed by atoms with E-state index in [9.17, 15) is 4.57 Å². The average molecular weight is 156 g/mol. The second-order valence-electron chi connectivity index (χ2n) is 1.41. The molecule has 0 rings (SSSR count). The molecule has 0 saturated carbocycles. The van der Waals surface area contributed by atoms with E-state index in [0.29, 0.717) is 0 Å². The molecular weight excluding hydrogens is 147 g/mol. The summed E-state index contributed by atoms with van der Waals surface area (Å²) >= 11 is 0. The zero-order valence-electron chi connectivity index (χ0n) is 4.65. The molecule has 56 valence electrons. The molecule has 0 aliphatic rings. The first-order valence-corrected chi connectivity index (χ1v) is 3.58. The van der Waals surface area contributed by atoms with E-state index in [1.807, 2.05) is 0 Å². The van der Waals surface area contributed by atoms with Gasteiger partial charge >= 0.3 is 8.25 Å². The maximum atomic E-state index is 9.79. The first kappa shape index (κ1) is 9.07. The van der Waals surface area contributed by atoms with Crippen LogP contribution in [0, 0.1) is 0 Å². The minimum atomic E-state index is -2.96. The fourth-order valence-electron chi connectivity index (χ4n) is 0.220. The van der Waals surface area contributed by atoms with Crippen molar-refractivity contribution in [3.05, 3.63) is 0 Å². The minimum Gasteiger partial charge on any atom is -0.394 e. The number of aliphatic hydroxyl groups excluding tert-OH is 2. The highest BCUT2D eigenvalue weighted by Crippen LogP contribution is 2.13. The van der Waals surface area contributed by atoms with Crippen LogP contribution in [0.3, 0.4) is 0 Å². The highest BCUT2D eigenvalue weighted by Gasteiger charge is 2.02. The van der Waals surface area contributed by atoms with Gasteiger partial charge in [-0.1, -0.05) is 0 Å². The molecule has 0 fully saturated rings. The number of hydrogen-bond acceptors (Lipinski definition) is 4. The predicted molar refractivity (Wildman–Crippen MR) is 30.3 cm³/mol. The molecule has 6 heteroatoms. The second kappa shape index (κ2) is 4.90. The van der Waals surface area contributed by atoms with Crippen LogP contribution >= 0.6 is 8.25 Å². The molecule has 0 amide bonds. The summed E-state index contributed by atoms with van der Waals surface area (Å²) < 4.78 is 13.9. The lowest BCUT2D eigenvalue weighted by atomic mass is 10.4. The van der Waals surface area contributed by atoms with Crippen molar-refractivity contribution in [1.82, 2.24) is 0 Å². The van der Waals surface area contributed by atoms with Crippen molar-refractivity contribution in [3.8, 4) is 0 Å². The van der Waals surface area contributed by atoms with Gasteiger partial charge in [0.05, 0.1) is 13.2 Å². The summed E-state index contributed by atoms with van der Waals surface area (Å²) in [6.07, 6.45) is -1.06. The van der Waals surface area contributed by atoms with Gasteiger partial charge < -0.3 is 19.6 Å². The molecule has 9 heavy (non-hydrogen) atoms. The number of aliphatic hydroxyl groups is 2. The van der Waals surface area contributed by atoms with Crippen molar-refractivity contribution in [1.29, 1.82) is 0 Å². The fraction of sp³-hybridized carbons (Fsp3) is 1.00. The zero-order chi connectivity index (χ0) is 7.28. The van der Waals surface area contributed by atoms with Crippen molar-refractivity contribution in [2.24, 2.45) is 0 Å². The summed E-state index contributed by atoms with van der Waals surface area (Å²) in [5, 5.41) is 16.6. The van der Waals surface area contributed by atoms with Gasteiger partial charge in [-0.05, 0) is 0 Å². The molecule has 0 heterocycles. The number of rotatable bonds is 4. The third-order valence-corrected chi connectivity index (χ3v) is 1.02. The Morgan fingerprint density at radius 1 is 1.67 bits per heavy atom. The number of hydrogen-bond donors (Lipinski definition) is 3. The predicted octanol–water partition coefficient (Wildman–Crippen LogP) is -1.26. The third-order valence-electron chi connectivity index (χ3n) is 0.610. The topological polar surface area (TPSA) is 87.0 Å². The van der Waals surface area contributed by atoms with Crippen molar-refractivity contribution >= 4 is 8.25 Å². The summed E-state index contributed by atoms with van der Waals surface area (Å²) in [5.74, 6) is 0. The molecule has 0 aromatic heterocycles. The van der Waals surface area contributed by atoms with Crippen molar-refractivity contribution in [2.45, 2.75) is 6.10 Å². The van der Waals surface area contributed by atoms with E-state index in [1.165, 1.54) is 0 Å². The van der Waals surface area contributed by atoms with Gasteiger partial charge in [-0.2, -0.15) is 0 Å². The van der Waals surface area contributed by atoms with Gasteiger partial charge in [-0.25, -0.2) is 0 Å². The summed E-state index contributed by atoms with van der Waals surface area (Å²) in [4.78, 5) is 8.03. The van der Waals surface area contributed by atoms with Crippen molar-refractivity contribution in [2.75, 3.05) is 13.2 Å². The molecule has 0 aliphatic carbocycles. The lowest BCUT2D eigenvalue weighted by Crippen LogP contribution is -2.17. The molecule has 0 aliphatic heterocycles. The largest absolute Gasteiger partial charge is 0.394 e. The van der Waals surface area contributed by atoms with Gasteiger partial charge in [-0.3, -0.25) is 4.57 Å². The lowest BCUT2D eigenvalue weighted by Gasteiger charge is -2.03. The van der Waals surface area contributed by atoms with E-state index in [0.717, 1.165) is 0 Å². The van der Waals surface area contributed by atoms with Gasteiger partial charge in [0.1, 0.15) is 6.10 Å². The van der Waals surface area contributed by atoms with Crippen LogP contribution in [0.15, 0.2) is 0 Å². The zero-order valence-corrected chi connectivity index (χ0v) is 5.65. The van der Waals surface area contributed by atoms with Crippen LogP contribution in [0.25, 0.3) is 0 Å². The Balaban J connectivity index is 3.16. The maximum Gasteiger partial charge on any atom is 0.316 e. The average Bonchev–Trinajstić information content (AvgIpc) is 1.83. The van der Waals surface area contributed by atoms with E-state index < -0.39 is 21.0 Å². The van der Waals surface area contributed by atoms with E-state index in [4.69, 9.17) is 15.1 Å². The molecule has 0 radical (unpaired) electrons. The Morgan fingerprint density at radius 2 is 2.22 bits per heavy atom. The van der Waals surface area contributed by atoms with Crippen LogP contribution in [0.1, 0.15) is 0 Å². The summed E-state index contributed by atoms with van der Waals surface area (Å²) in [6.45, 7) is -0.764. The Morgan fingerprint density at radius 3 is 2.56 bits per heavy atom. The highest BCUT2D eigenvalue weighted by atomic mass is 31.1. The Bertz CT molecular complexity index is 94.2. The van der Waals surface area contributed by atoms with E-state index in [2.05, 4.69) is 4.52 Å². The monoisotopic (exact) mass is 156 g/mol. The Kier molecular flexibility index (Phi) is 4.94. The molecule has 0 saturated heterocycles. The van der Waals surface area contributed by atoms with Crippen LogP contribution in [-0.2, 0) is 9.09 Å². The molecule has 0 aromatic rings. The van der Waals surface area contributed by atoms with Gasteiger partial charge in [0.25, 0.3) is 0 Å².